The van der Waals surface area contributed by atoms with Gasteiger partial charge in [-0.1, -0.05) is 26.7 Å². The van der Waals surface area contributed by atoms with Crippen LogP contribution in [0.4, 0.5) is 0 Å². The summed E-state index contributed by atoms with van der Waals surface area (Å²) in [6.45, 7) is 5.72. The highest BCUT2D eigenvalue weighted by atomic mass is 32.2. The molecule has 120 valence electrons. The highest BCUT2D eigenvalue weighted by Crippen LogP contribution is 2.25. The molecule has 1 heterocycles. The van der Waals surface area contributed by atoms with E-state index in [1.807, 2.05) is 18.5 Å². The number of nitrogens with one attached hydrogen (secondary N) is 2. The summed E-state index contributed by atoms with van der Waals surface area (Å²) in [6, 6.07) is 1.83. The maximum Gasteiger partial charge on any atom is 0.242 e. The normalized spacial score (nSPS) is 23.4. The van der Waals surface area contributed by atoms with Crippen LogP contribution < -0.4 is 10.0 Å². The lowest BCUT2D eigenvalue weighted by Crippen LogP contribution is -2.40. The van der Waals surface area contributed by atoms with Crippen LogP contribution >= 0.6 is 0 Å². The van der Waals surface area contributed by atoms with Gasteiger partial charge in [0.25, 0.3) is 0 Å². The molecule has 6 heteroatoms. The van der Waals surface area contributed by atoms with Gasteiger partial charge in [-0.3, -0.25) is 0 Å². The van der Waals surface area contributed by atoms with E-state index in [-0.39, 0.29) is 6.04 Å². The lowest BCUT2D eigenvalue weighted by molar-refractivity contribution is 0.310. The molecule has 0 aliphatic heterocycles. The van der Waals surface area contributed by atoms with Gasteiger partial charge in [0.2, 0.25) is 10.0 Å². The highest BCUT2D eigenvalue weighted by molar-refractivity contribution is 7.89. The number of aryl methyl sites for hydroxylation is 1. The van der Waals surface area contributed by atoms with Gasteiger partial charge < -0.3 is 9.88 Å². The summed E-state index contributed by atoms with van der Waals surface area (Å²) in [5.41, 5.74) is 0.980. The quantitative estimate of drug-likeness (QED) is 0.844. The second kappa shape index (κ2) is 6.94. The van der Waals surface area contributed by atoms with Crippen molar-refractivity contribution >= 4 is 10.0 Å². The second-order valence-electron chi connectivity index (χ2n) is 6.05. The van der Waals surface area contributed by atoms with Crippen LogP contribution in [0.2, 0.25) is 0 Å². The van der Waals surface area contributed by atoms with Gasteiger partial charge in [-0.05, 0) is 31.4 Å². The number of hydrogen-bond acceptors (Lipinski definition) is 3. The summed E-state index contributed by atoms with van der Waals surface area (Å²) in [4.78, 5) is 0.371. The molecule has 0 saturated heterocycles. The first-order valence-corrected chi connectivity index (χ1v) is 9.30. The van der Waals surface area contributed by atoms with E-state index in [0.29, 0.717) is 17.4 Å². The molecule has 0 radical (unpaired) electrons. The first-order valence-electron chi connectivity index (χ1n) is 7.82. The standard InChI is InChI=1S/C15H27N3O2S/c1-4-16-10-13-9-14(11-18(13)3)21(19,20)17-15-8-6-5-7-12(15)2/h9,11-12,15-17H,4-8,10H2,1-3H3. The number of rotatable bonds is 6. The summed E-state index contributed by atoms with van der Waals surface area (Å²) in [7, 11) is -1.53. The molecule has 2 N–H and O–H groups in total. The Labute approximate surface area is 128 Å². The van der Waals surface area contributed by atoms with Crippen molar-refractivity contribution in [2.45, 2.75) is 57.0 Å². The SMILES string of the molecule is CCNCc1cc(S(=O)(=O)NC2CCCCC2C)cn1C. The third-order valence-electron chi connectivity index (χ3n) is 4.37. The molecule has 1 aromatic heterocycles. The van der Waals surface area contributed by atoms with Crippen LogP contribution in [0.15, 0.2) is 17.2 Å². The van der Waals surface area contributed by atoms with Crippen molar-refractivity contribution in [2.24, 2.45) is 13.0 Å². The Hall–Kier alpha value is -0.850. The Morgan fingerprint density at radius 3 is 2.71 bits per heavy atom. The minimum Gasteiger partial charge on any atom is -0.352 e. The van der Waals surface area contributed by atoms with E-state index in [9.17, 15) is 8.42 Å². The fraction of sp³-hybridized carbons (Fsp3) is 0.733. The van der Waals surface area contributed by atoms with E-state index >= 15 is 0 Å². The van der Waals surface area contributed by atoms with Gasteiger partial charge in [0.05, 0.1) is 4.90 Å². The van der Waals surface area contributed by atoms with Gasteiger partial charge in [0, 0.05) is 31.5 Å². The van der Waals surface area contributed by atoms with Crippen molar-refractivity contribution in [3.05, 3.63) is 18.0 Å². The van der Waals surface area contributed by atoms with Crippen LogP contribution in [0, 0.1) is 5.92 Å². The summed E-state index contributed by atoms with van der Waals surface area (Å²) < 4.78 is 29.9. The Kier molecular flexibility index (Phi) is 5.46. The predicted octanol–water partition coefficient (Wildman–Crippen LogP) is 1.99. The zero-order valence-corrected chi connectivity index (χ0v) is 14.0. The van der Waals surface area contributed by atoms with Crippen molar-refractivity contribution in [2.75, 3.05) is 6.54 Å². The van der Waals surface area contributed by atoms with Gasteiger partial charge in [-0.15, -0.1) is 0 Å². The number of nitrogens with zero attached hydrogens (tertiary/aromatic N) is 1. The zero-order valence-electron chi connectivity index (χ0n) is 13.2. The molecule has 0 aromatic carbocycles. The average Bonchev–Trinajstić information content (AvgIpc) is 2.81. The fourth-order valence-corrected chi connectivity index (χ4v) is 4.38. The second-order valence-corrected chi connectivity index (χ2v) is 7.76. The minimum absolute atomic E-state index is 0.0705. The van der Waals surface area contributed by atoms with Crippen molar-refractivity contribution < 1.29 is 8.42 Å². The van der Waals surface area contributed by atoms with Crippen molar-refractivity contribution in [3.63, 3.8) is 0 Å². The summed E-state index contributed by atoms with van der Waals surface area (Å²) in [5, 5.41) is 3.22. The lowest BCUT2D eigenvalue weighted by atomic mass is 9.87. The van der Waals surface area contributed by atoms with E-state index in [2.05, 4.69) is 17.0 Å². The van der Waals surface area contributed by atoms with Gasteiger partial charge in [0.15, 0.2) is 0 Å². The molecule has 21 heavy (non-hydrogen) atoms. The molecule has 1 aliphatic carbocycles. The number of aromatic nitrogens is 1. The van der Waals surface area contributed by atoms with Crippen molar-refractivity contribution in [3.8, 4) is 0 Å². The van der Waals surface area contributed by atoms with Crippen LogP contribution in [-0.4, -0.2) is 25.6 Å². The fourth-order valence-electron chi connectivity index (χ4n) is 2.91. The third-order valence-corrected chi connectivity index (χ3v) is 5.82. The monoisotopic (exact) mass is 313 g/mol. The molecule has 0 bridgehead atoms. The van der Waals surface area contributed by atoms with Gasteiger partial charge in [-0.2, -0.15) is 0 Å². The van der Waals surface area contributed by atoms with Crippen LogP contribution in [0.25, 0.3) is 0 Å². The maximum atomic E-state index is 12.5. The van der Waals surface area contributed by atoms with E-state index in [4.69, 9.17) is 0 Å². The topological polar surface area (TPSA) is 63.1 Å². The van der Waals surface area contributed by atoms with Crippen LogP contribution in [0.5, 0.6) is 0 Å². The molecule has 1 aliphatic rings. The Balaban J connectivity index is 2.11. The maximum absolute atomic E-state index is 12.5. The van der Waals surface area contributed by atoms with Crippen molar-refractivity contribution in [1.29, 1.82) is 0 Å². The molecule has 0 spiro atoms. The van der Waals surface area contributed by atoms with Crippen LogP contribution in [0.1, 0.15) is 45.2 Å². The molecule has 2 rings (SSSR count). The summed E-state index contributed by atoms with van der Waals surface area (Å²) in [6.07, 6.45) is 6.06. The van der Waals surface area contributed by atoms with Crippen LogP contribution in [-0.2, 0) is 23.6 Å². The summed E-state index contributed by atoms with van der Waals surface area (Å²) >= 11 is 0. The number of sulfonamides is 1. The van der Waals surface area contributed by atoms with Crippen molar-refractivity contribution in [1.82, 2.24) is 14.6 Å². The third kappa shape index (κ3) is 4.08. The predicted molar refractivity (Wildman–Crippen MR) is 84.5 cm³/mol. The molecule has 1 aromatic rings. The molecule has 1 fully saturated rings. The molecule has 2 unspecified atom stereocenters. The Morgan fingerprint density at radius 2 is 2.05 bits per heavy atom. The summed E-state index contributed by atoms with van der Waals surface area (Å²) in [5.74, 6) is 0.415. The Morgan fingerprint density at radius 1 is 1.33 bits per heavy atom. The zero-order chi connectivity index (χ0) is 15.5. The Bertz CT molecular complexity index is 565. The van der Waals surface area contributed by atoms with E-state index < -0.39 is 10.0 Å². The minimum atomic E-state index is -3.42. The highest BCUT2D eigenvalue weighted by Gasteiger charge is 2.27. The molecule has 1 saturated carbocycles. The van der Waals surface area contributed by atoms with Gasteiger partial charge >= 0.3 is 0 Å². The first kappa shape index (κ1) is 16.5. The largest absolute Gasteiger partial charge is 0.352 e. The molecule has 5 nitrogen and oxygen atoms in total. The van der Waals surface area contributed by atoms with E-state index in [0.717, 1.165) is 31.5 Å². The van der Waals surface area contributed by atoms with Gasteiger partial charge in [0.1, 0.15) is 0 Å². The van der Waals surface area contributed by atoms with E-state index in [1.54, 1.807) is 12.3 Å². The first-order chi connectivity index (χ1) is 9.94. The van der Waals surface area contributed by atoms with E-state index in [1.165, 1.54) is 6.42 Å². The van der Waals surface area contributed by atoms with Gasteiger partial charge in [-0.25, -0.2) is 13.1 Å². The lowest BCUT2D eigenvalue weighted by Gasteiger charge is -2.29. The van der Waals surface area contributed by atoms with Crippen LogP contribution in [0.3, 0.4) is 0 Å². The smallest absolute Gasteiger partial charge is 0.242 e. The molecular formula is C15H27N3O2S. The molecular weight excluding hydrogens is 286 g/mol. The molecule has 0 amide bonds. The average molecular weight is 313 g/mol. The molecule has 2 atom stereocenters. The number of hydrogen-bond donors (Lipinski definition) is 2.